The van der Waals surface area contributed by atoms with Gasteiger partial charge in [0.2, 0.25) is 5.91 Å². The van der Waals surface area contributed by atoms with E-state index in [0.29, 0.717) is 25.7 Å². The highest BCUT2D eigenvalue weighted by Gasteiger charge is 2.29. The van der Waals surface area contributed by atoms with Crippen LogP contribution in [-0.2, 0) is 4.79 Å². The minimum atomic E-state index is 0.171. The summed E-state index contributed by atoms with van der Waals surface area (Å²) in [6.45, 7) is 8.88. The maximum Gasteiger partial charge on any atom is 0.241 e. The van der Waals surface area contributed by atoms with Gasteiger partial charge in [-0.1, -0.05) is 30.3 Å². The van der Waals surface area contributed by atoms with Crippen molar-refractivity contribution in [1.29, 1.82) is 0 Å². The Kier molecular flexibility index (Phi) is 6.51. The van der Waals surface area contributed by atoms with Crippen LogP contribution in [0.25, 0.3) is 0 Å². The van der Waals surface area contributed by atoms with Crippen LogP contribution in [0.4, 0.5) is 5.69 Å². The lowest BCUT2D eigenvalue weighted by atomic mass is 10.0. The molecule has 0 bridgehead atoms. The van der Waals surface area contributed by atoms with E-state index in [9.17, 15) is 4.79 Å². The maximum absolute atomic E-state index is 13.1. The minimum absolute atomic E-state index is 0.171. The quantitative estimate of drug-likeness (QED) is 0.719. The molecule has 1 saturated heterocycles. The lowest BCUT2D eigenvalue weighted by molar-refractivity contribution is -0.119. The highest BCUT2D eigenvalue weighted by atomic mass is 16.5. The Hall–Kier alpha value is -2.33. The van der Waals surface area contributed by atoms with Crippen molar-refractivity contribution in [2.24, 2.45) is 0 Å². The molecule has 1 atom stereocenters. The number of anilines is 1. The highest BCUT2D eigenvalue weighted by molar-refractivity contribution is 5.95. The third kappa shape index (κ3) is 4.51. The Morgan fingerprint density at radius 3 is 2.56 bits per heavy atom. The number of likely N-dealkylation sites (tertiary alicyclic amines) is 1. The highest BCUT2D eigenvalue weighted by Crippen LogP contribution is 2.33. The second kappa shape index (κ2) is 9.05. The Balaban J connectivity index is 1.71. The van der Waals surface area contributed by atoms with Crippen molar-refractivity contribution >= 4 is 11.6 Å². The van der Waals surface area contributed by atoms with Crippen molar-refractivity contribution in [1.82, 2.24) is 4.90 Å². The SMILES string of the molecule is CCOc1ccc([C@@H]2CCCN2CC(=O)N(CC)c2ccccc2C)cc1. The lowest BCUT2D eigenvalue weighted by Gasteiger charge is -2.29. The first-order valence-corrected chi connectivity index (χ1v) is 9.96. The average Bonchev–Trinajstić information content (AvgIpc) is 3.13. The number of benzene rings is 2. The molecule has 1 aliphatic heterocycles. The molecule has 0 radical (unpaired) electrons. The van der Waals surface area contributed by atoms with Crippen molar-refractivity contribution < 1.29 is 9.53 Å². The molecular weight excluding hydrogens is 336 g/mol. The van der Waals surface area contributed by atoms with E-state index in [-0.39, 0.29) is 5.91 Å². The molecule has 1 amide bonds. The molecule has 4 nitrogen and oxygen atoms in total. The molecule has 0 N–H and O–H groups in total. The van der Waals surface area contributed by atoms with Crippen LogP contribution in [0.2, 0.25) is 0 Å². The van der Waals surface area contributed by atoms with Crippen LogP contribution in [0.3, 0.4) is 0 Å². The molecule has 2 aromatic rings. The van der Waals surface area contributed by atoms with Gasteiger partial charge >= 0.3 is 0 Å². The van der Waals surface area contributed by atoms with Gasteiger partial charge in [-0.05, 0) is 69.5 Å². The summed E-state index contributed by atoms with van der Waals surface area (Å²) in [6, 6.07) is 16.7. The lowest BCUT2D eigenvalue weighted by Crippen LogP contribution is -2.40. The predicted molar refractivity (Wildman–Crippen MR) is 110 cm³/mol. The number of para-hydroxylation sites is 1. The van der Waals surface area contributed by atoms with Crippen LogP contribution in [0, 0.1) is 6.92 Å². The zero-order valence-corrected chi connectivity index (χ0v) is 16.6. The van der Waals surface area contributed by atoms with Crippen LogP contribution in [0.15, 0.2) is 48.5 Å². The van der Waals surface area contributed by atoms with Crippen LogP contribution in [0.1, 0.15) is 43.9 Å². The van der Waals surface area contributed by atoms with Crippen molar-refractivity contribution in [2.75, 3.05) is 31.1 Å². The molecule has 1 fully saturated rings. The molecular formula is C23H30N2O2. The average molecular weight is 367 g/mol. The van der Waals surface area contributed by atoms with Crippen LogP contribution in [0.5, 0.6) is 5.75 Å². The van der Waals surface area contributed by atoms with E-state index in [1.54, 1.807) is 0 Å². The summed E-state index contributed by atoms with van der Waals surface area (Å²) in [6.07, 6.45) is 2.22. The topological polar surface area (TPSA) is 32.8 Å². The number of ether oxygens (including phenoxy) is 1. The largest absolute Gasteiger partial charge is 0.494 e. The molecule has 144 valence electrons. The van der Waals surface area contributed by atoms with Crippen molar-refractivity contribution in [3.05, 3.63) is 59.7 Å². The summed E-state index contributed by atoms with van der Waals surface area (Å²) in [5.41, 5.74) is 3.42. The van der Waals surface area contributed by atoms with Gasteiger partial charge in [0.05, 0.1) is 13.2 Å². The van der Waals surface area contributed by atoms with Gasteiger partial charge in [-0.15, -0.1) is 0 Å². The Morgan fingerprint density at radius 1 is 1.15 bits per heavy atom. The molecule has 4 heteroatoms. The van der Waals surface area contributed by atoms with Gasteiger partial charge < -0.3 is 9.64 Å². The smallest absolute Gasteiger partial charge is 0.241 e. The number of hydrogen-bond acceptors (Lipinski definition) is 3. The van der Waals surface area contributed by atoms with Crippen molar-refractivity contribution in [3.8, 4) is 5.75 Å². The van der Waals surface area contributed by atoms with E-state index in [4.69, 9.17) is 4.74 Å². The number of aryl methyl sites for hydroxylation is 1. The normalized spacial score (nSPS) is 17.1. The summed E-state index contributed by atoms with van der Waals surface area (Å²) in [7, 11) is 0. The third-order valence-electron chi connectivity index (χ3n) is 5.30. The first kappa shape index (κ1) is 19.4. The number of hydrogen-bond donors (Lipinski definition) is 0. The molecule has 0 aliphatic carbocycles. The second-order valence-electron chi connectivity index (χ2n) is 7.06. The number of rotatable bonds is 7. The standard InChI is InChI=1S/C23H30N2O2/c1-4-25(21-10-7-6-9-18(21)3)23(26)17-24-16-8-11-22(24)19-12-14-20(15-13-19)27-5-2/h6-7,9-10,12-15,22H,4-5,8,11,16-17H2,1-3H3/t22-/m0/s1. The van der Waals surface area contributed by atoms with E-state index in [1.165, 1.54) is 5.56 Å². The number of carbonyl (C=O) groups is 1. The van der Waals surface area contributed by atoms with Gasteiger partial charge in [0.25, 0.3) is 0 Å². The summed E-state index contributed by atoms with van der Waals surface area (Å²) >= 11 is 0. The molecule has 27 heavy (non-hydrogen) atoms. The van der Waals surface area contributed by atoms with Crippen LogP contribution in [-0.4, -0.2) is 37.0 Å². The fourth-order valence-electron chi connectivity index (χ4n) is 3.95. The zero-order chi connectivity index (χ0) is 19.2. The molecule has 0 spiro atoms. The summed E-state index contributed by atoms with van der Waals surface area (Å²) < 4.78 is 5.55. The van der Waals surface area contributed by atoms with Crippen molar-refractivity contribution in [2.45, 2.75) is 39.7 Å². The van der Waals surface area contributed by atoms with Gasteiger partial charge in [-0.2, -0.15) is 0 Å². The molecule has 1 aliphatic rings. The Bertz CT molecular complexity index is 757. The maximum atomic E-state index is 13.1. The molecule has 3 rings (SSSR count). The van der Waals surface area contributed by atoms with Crippen LogP contribution < -0.4 is 9.64 Å². The zero-order valence-electron chi connectivity index (χ0n) is 16.6. The second-order valence-corrected chi connectivity index (χ2v) is 7.06. The van der Waals surface area contributed by atoms with Gasteiger partial charge in [-0.25, -0.2) is 0 Å². The molecule has 2 aromatic carbocycles. The van der Waals surface area contributed by atoms with E-state index in [1.807, 2.05) is 49.1 Å². The first-order chi connectivity index (χ1) is 13.1. The fraction of sp³-hybridized carbons (Fsp3) is 0.435. The number of carbonyl (C=O) groups excluding carboxylic acids is 1. The third-order valence-corrected chi connectivity index (χ3v) is 5.30. The molecule has 0 aromatic heterocycles. The minimum Gasteiger partial charge on any atom is -0.494 e. The van der Waals surface area contributed by atoms with Crippen LogP contribution >= 0.6 is 0 Å². The van der Waals surface area contributed by atoms with E-state index in [0.717, 1.165) is 36.4 Å². The number of amides is 1. The summed E-state index contributed by atoms with van der Waals surface area (Å²) in [4.78, 5) is 17.3. The number of nitrogens with zero attached hydrogens (tertiary/aromatic N) is 2. The van der Waals surface area contributed by atoms with E-state index >= 15 is 0 Å². The van der Waals surface area contributed by atoms with Crippen molar-refractivity contribution in [3.63, 3.8) is 0 Å². The summed E-state index contributed by atoms with van der Waals surface area (Å²) in [5, 5.41) is 0. The predicted octanol–water partition coefficient (Wildman–Crippen LogP) is 4.58. The van der Waals surface area contributed by atoms with E-state index < -0.39 is 0 Å². The Labute approximate surface area is 162 Å². The monoisotopic (exact) mass is 366 g/mol. The Morgan fingerprint density at radius 2 is 1.89 bits per heavy atom. The number of likely N-dealkylation sites (N-methyl/N-ethyl adjacent to an activating group) is 1. The van der Waals surface area contributed by atoms with Gasteiger partial charge in [0.1, 0.15) is 5.75 Å². The summed E-state index contributed by atoms with van der Waals surface area (Å²) in [5.74, 6) is 1.07. The van der Waals surface area contributed by atoms with Gasteiger partial charge in [0.15, 0.2) is 0 Å². The van der Waals surface area contributed by atoms with Gasteiger partial charge in [-0.3, -0.25) is 9.69 Å². The molecule has 0 saturated carbocycles. The molecule has 1 heterocycles. The first-order valence-electron chi connectivity index (χ1n) is 9.96. The molecule has 0 unspecified atom stereocenters. The fourth-order valence-corrected chi connectivity index (χ4v) is 3.95. The van der Waals surface area contributed by atoms with Gasteiger partial charge in [0, 0.05) is 18.3 Å². The van der Waals surface area contributed by atoms with E-state index in [2.05, 4.69) is 30.0 Å².